The minimum absolute atomic E-state index is 0.0203. The van der Waals surface area contributed by atoms with Gasteiger partial charge in [0.25, 0.3) is 0 Å². The first-order valence-electron chi connectivity index (χ1n) is 17.1. The first-order valence-corrected chi connectivity index (χ1v) is 22.6. The van der Waals surface area contributed by atoms with Crippen LogP contribution in [0.2, 0.25) is 0 Å². The Bertz CT molecular complexity index is 1850. The number of aliphatic hydroxyl groups excluding tert-OH is 2. The van der Waals surface area contributed by atoms with Crippen molar-refractivity contribution < 1.29 is 80.8 Å². The number of hydrogen-bond acceptors (Lipinski definition) is 19. The number of fused-ring (bicyclic) bond motifs is 1. The minimum Gasteiger partial charge on any atom is -0.385 e. The molecule has 57 heavy (non-hydrogen) atoms. The molecule has 8 unspecified atom stereocenters. The van der Waals surface area contributed by atoms with E-state index in [9.17, 15) is 58.2 Å². The van der Waals surface area contributed by atoms with Gasteiger partial charge in [0.2, 0.25) is 11.8 Å². The molecule has 29 heteroatoms. The number of thioether (sulfide) groups is 1. The van der Waals surface area contributed by atoms with E-state index in [-0.39, 0.29) is 36.5 Å². The Morgan fingerprint density at radius 2 is 1.72 bits per heavy atom. The number of aliphatic hydroxyl groups is 3. The largest absolute Gasteiger partial charge is 0.481 e. The number of aromatic nitrogens is 4. The Labute approximate surface area is 331 Å². The molecule has 1 aliphatic heterocycles. The molecule has 2 aromatic rings. The predicted molar refractivity (Wildman–Crippen MR) is 200 cm³/mol. The number of phosphoric ester groups is 3. The number of nitrogens with one attached hydrogen (secondary N) is 3. The molecule has 0 bridgehead atoms. The fourth-order valence-corrected chi connectivity index (χ4v) is 8.74. The molecule has 2 aromatic heterocycles. The molecule has 326 valence electrons. The van der Waals surface area contributed by atoms with Gasteiger partial charge in [-0.25, -0.2) is 28.6 Å². The SMILES string of the molecule is CC(C)CNC(C)(O)SCCNC(=O)CCNC(=O)C(O)C(C)(C)COP(=O)(O)OP(=O)(O)OCC1OC(C)(n2cnc3c(N)ncnc32)C(O)C1OP(=O)(O)O. The number of imidazole rings is 1. The van der Waals surface area contributed by atoms with Crippen molar-refractivity contribution in [1.82, 2.24) is 35.5 Å². The molecule has 0 saturated carbocycles. The molecule has 0 radical (unpaired) electrons. The van der Waals surface area contributed by atoms with Gasteiger partial charge in [0.05, 0.1) is 19.5 Å². The van der Waals surface area contributed by atoms with Crippen LogP contribution in [-0.2, 0) is 51.6 Å². The number of nitrogens with zero attached hydrogens (tertiary/aromatic N) is 4. The Hall–Kier alpha value is -2.19. The van der Waals surface area contributed by atoms with E-state index in [1.54, 1.807) is 6.92 Å². The molecule has 1 aliphatic rings. The number of carbonyl (C=O) groups is 2. The summed E-state index contributed by atoms with van der Waals surface area (Å²) in [7, 11) is -16.4. The van der Waals surface area contributed by atoms with Crippen LogP contribution in [0, 0.1) is 11.3 Å². The van der Waals surface area contributed by atoms with E-state index in [0.29, 0.717) is 18.2 Å². The summed E-state index contributed by atoms with van der Waals surface area (Å²) in [5, 5.41) is 38.8. The van der Waals surface area contributed by atoms with Gasteiger partial charge in [-0.15, -0.1) is 11.8 Å². The second kappa shape index (κ2) is 19.5. The summed E-state index contributed by atoms with van der Waals surface area (Å²) in [6.07, 6.45) is -5.47. The summed E-state index contributed by atoms with van der Waals surface area (Å²) < 4.78 is 62.7. The summed E-state index contributed by atoms with van der Waals surface area (Å²) in [6, 6.07) is 0. The summed E-state index contributed by atoms with van der Waals surface area (Å²) >= 11 is 1.20. The number of anilines is 1. The van der Waals surface area contributed by atoms with Crippen molar-refractivity contribution in [2.45, 2.75) is 83.2 Å². The summed E-state index contributed by atoms with van der Waals surface area (Å²) in [6.45, 7) is 7.97. The maximum Gasteiger partial charge on any atom is 0.481 e. The van der Waals surface area contributed by atoms with Crippen molar-refractivity contribution in [2.75, 3.05) is 44.3 Å². The molecule has 1 fully saturated rings. The molecule has 2 amide bonds. The van der Waals surface area contributed by atoms with E-state index in [1.165, 1.54) is 32.5 Å². The van der Waals surface area contributed by atoms with Gasteiger partial charge in [0.1, 0.15) is 36.3 Å². The molecule has 3 rings (SSSR count). The molecule has 0 spiro atoms. The van der Waals surface area contributed by atoms with Crippen molar-refractivity contribution in [2.24, 2.45) is 11.3 Å². The number of amides is 2. The molecule has 12 N–H and O–H groups in total. The smallest absolute Gasteiger partial charge is 0.385 e. The average molecular weight is 897 g/mol. The van der Waals surface area contributed by atoms with Gasteiger partial charge in [-0.1, -0.05) is 27.7 Å². The van der Waals surface area contributed by atoms with Crippen LogP contribution in [0.3, 0.4) is 0 Å². The Balaban J connectivity index is 1.52. The van der Waals surface area contributed by atoms with E-state index in [1.807, 2.05) is 13.8 Å². The third-order valence-electron chi connectivity index (χ3n) is 8.21. The standard InChI is InChI=1S/C28H51N8O17P3S/c1-16(2)11-35-28(6,41)57-10-9-30-18(37)7-8-31-25(40)22(39)26(3,4)13-50-56(47,48)53-55(45,46)49-12-17-20(52-54(42,43)44)21(38)27(5,51-17)36-15-34-19-23(29)32-14-33-24(19)36/h14-17,20-22,35,38-39,41H,7-13H2,1-6H3,(H,30,37)(H,31,40)(H,45,46)(H,47,48)(H2,29,32,33)(H2,42,43,44). The van der Waals surface area contributed by atoms with Gasteiger partial charge in [-0.05, 0) is 19.8 Å². The fourth-order valence-electron chi connectivity index (χ4n) is 5.14. The average Bonchev–Trinajstić information content (AvgIpc) is 3.63. The number of phosphoric acid groups is 3. The van der Waals surface area contributed by atoms with Crippen molar-refractivity contribution in [3.8, 4) is 0 Å². The highest BCUT2D eigenvalue weighted by atomic mass is 32.2. The molecule has 1 saturated heterocycles. The Kier molecular flexibility index (Phi) is 16.8. The van der Waals surface area contributed by atoms with Crippen LogP contribution < -0.4 is 21.7 Å². The third kappa shape index (κ3) is 14.5. The lowest BCUT2D eigenvalue weighted by Gasteiger charge is -2.30. The number of ether oxygens (including phenoxy) is 1. The van der Waals surface area contributed by atoms with Crippen LogP contribution in [-0.4, -0.2) is 134 Å². The van der Waals surface area contributed by atoms with Crippen molar-refractivity contribution in [3.63, 3.8) is 0 Å². The van der Waals surface area contributed by atoms with Crippen molar-refractivity contribution in [1.29, 1.82) is 0 Å². The first-order chi connectivity index (χ1) is 26.1. The number of nitrogens with two attached hydrogens (primary N) is 1. The normalized spacial score (nSPS) is 24.1. The van der Waals surface area contributed by atoms with E-state index in [2.05, 4.69) is 35.2 Å². The van der Waals surface area contributed by atoms with Gasteiger partial charge in [-0.2, -0.15) is 4.31 Å². The van der Waals surface area contributed by atoms with Crippen molar-refractivity contribution in [3.05, 3.63) is 12.7 Å². The van der Waals surface area contributed by atoms with Gasteiger partial charge in [0.15, 0.2) is 22.2 Å². The quantitative estimate of drug-likeness (QED) is 0.0370. The zero-order valence-corrected chi connectivity index (χ0v) is 35.3. The van der Waals surface area contributed by atoms with Crippen LogP contribution in [0.15, 0.2) is 12.7 Å². The van der Waals surface area contributed by atoms with Crippen LogP contribution >= 0.6 is 35.2 Å². The molecule has 0 aromatic carbocycles. The van der Waals surface area contributed by atoms with Gasteiger partial charge in [0, 0.05) is 37.2 Å². The highest BCUT2D eigenvalue weighted by molar-refractivity contribution is 8.00. The maximum absolute atomic E-state index is 12.8. The zero-order chi connectivity index (χ0) is 43.2. The molecule has 25 nitrogen and oxygen atoms in total. The third-order valence-corrected chi connectivity index (χ3v) is 12.4. The Morgan fingerprint density at radius 3 is 2.35 bits per heavy atom. The number of nitrogen functional groups attached to an aromatic ring is 1. The topological polar surface area (TPSA) is 379 Å². The fraction of sp³-hybridized carbons (Fsp3) is 0.750. The van der Waals surface area contributed by atoms with Crippen molar-refractivity contribution >= 4 is 64.0 Å². The lowest BCUT2D eigenvalue weighted by Crippen LogP contribution is -2.46. The minimum atomic E-state index is -5.59. The highest BCUT2D eigenvalue weighted by Gasteiger charge is 2.57. The van der Waals surface area contributed by atoms with Crippen LogP contribution in [0.25, 0.3) is 11.2 Å². The van der Waals surface area contributed by atoms with Gasteiger partial charge < -0.3 is 56.0 Å². The molecular formula is C28H51N8O17P3S. The second-order valence-corrected chi connectivity index (χ2v) is 20.0. The molecule has 0 aliphatic carbocycles. The van der Waals surface area contributed by atoms with Crippen LogP contribution in [0.5, 0.6) is 0 Å². The van der Waals surface area contributed by atoms with Crippen LogP contribution in [0.4, 0.5) is 5.82 Å². The maximum atomic E-state index is 12.8. The zero-order valence-electron chi connectivity index (χ0n) is 31.8. The summed E-state index contributed by atoms with van der Waals surface area (Å²) in [5.41, 5.74) is 2.31. The predicted octanol–water partition coefficient (Wildman–Crippen LogP) is -0.776. The highest BCUT2D eigenvalue weighted by Crippen LogP contribution is 2.61. The first kappa shape index (κ1) is 49.2. The summed E-state index contributed by atoms with van der Waals surface area (Å²) in [5.74, 6) is -0.713. The number of rotatable bonds is 23. The number of hydrogen-bond donors (Lipinski definition) is 11. The van der Waals surface area contributed by atoms with Gasteiger partial charge >= 0.3 is 23.5 Å². The van der Waals surface area contributed by atoms with E-state index in [4.69, 9.17) is 24.0 Å². The monoisotopic (exact) mass is 896 g/mol. The van der Waals surface area contributed by atoms with E-state index < -0.39 is 89.1 Å². The Morgan fingerprint density at radius 1 is 1.07 bits per heavy atom. The molecule has 8 atom stereocenters. The lowest BCUT2D eigenvalue weighted by molar-refractivity contribution is -0.137. The number of carbonyl (C=O) groups excluding carboxylic acids is 2. The molecule has 3 heterocycles. The second-order valence-electron chi connectivity index (χ2n) is 14.2. The van der Waals surface area contributed by atoms with E-state index >= 15 is 0 Å². The van der Waals surface area contributed by atoms with E-state index in [0.717, 1.165) is 17.2 Å². The summed E-state index contributed by atoms with van der Waals surface area (Å²) in [4.78, 5) is 76.1. The lowest BCUT2D eigenvalue weighted by atomic mass is 9.87. The molecular weight excluding hydrogens is 845 g/mol. The van der Waals surface area contributed by atoms with Gasteiger partial charge in [-0.3, -0.25) is 33.0 Å². The van der Waals surface area contributed by atoms with Crippen LogP contribution in [0.1, 0.15) is 48.0 Å².